The summed E-state index contributed by atoms with van der Waals surface area (Å²) < 4.78 is 6.55. The van der Waals surface area contributed by atoms with Crippen molar-refractivity contribution in [2.24, 2.45) is 0 Å². The maximum atomic E-state index is 10.7. The molecule has 88 valence electrons. The molecule has 1 heterocycles. The predicted molar refractivity (Wildman–Crippen MR) is 59.6 cm³/mol. The molecule has 1 aromatic carbocycles. The van der Waals surface area contributed by atoms with Crippen LogP contribution >= 0.6 is 0 Å². The highest BCUT2D eigenvalue weighted by Gasteiger charge is 2.09. The number of carboxylic acid groups (broad SMARTS) is 1. The van der Waals surface area contributed by atoms with Gasteiger partial charge in [-0.2, -0.15) is 0 Å². The van der Waals surface area contributed by atoms with Gasteiger partial charge in [-0.3, -0.25) is 0 Å². The average Bonchev–Trinajstić information content (AvgIpc) is 2.78. The Bertz CT molecular complexity index is 563. The number of methoxy groups -OCH3 is 1. The molecule has 17 heavy (non-hydrogen) atoms. The van der Waals surface area contributed by atoms with E-state index in [0.29, 0.717) is 0 Å². The first-order chi connectivity index (χ1) is 8.11. The Kier molecular flexibility index (Phi) is 2.78. The first-order valence-corrected chi connectivity index (χ1v) is 4.92. The molecule has 6 heteroatoms. The molecule has 6 nitrogen and oxygen atoms in total. The van der Waals surface area contributed by atoms with Gasteiger partial charge in [-0.05, 0) is 30.7 Å². The Labute approximate surface area is 97.4 Å². The van der Waals surface area contributed by atoms with Crippen LogP contribution in [0.3, 0.4) is 0 Å². The molecule has 0 saturated heterocycles. The third-order valence-corrected chi connectivity index (χ3v) is 2.36. The van der Waals surface area contributed by atoms with E-state index in [4.69, 9.17) is 9.84 Å². The largest absolute Gasteiger partial charge is 0.496 e. The highest BCUT2D eigenvalue weighted by molar-refractivity contribution is 5.84. The summed E-state index contributed by atoms with van der Waals surface area (Å²) in [5, 5.41) is 16.0. The molecule has 0 spiro atoms. The molecule has 0 unspecified atom stereocenters. The summed E-state index contributed by atoms with van der Waals surface area (Å²) in [5.41, 5.74) is 1.60. The fraction of sp³-hybridized carbons (Fsp3) is 0.182. The third-order valence-electron chi connectivity index (χ3n) is 2.36. The second-order valence-electron chi connectivity index (χ2n) is 3.51. The summed E-state index contributed by atoms with van der Waals surface area (Å²) in [6, 6.07) is 5.43. The smallest absolute Gasteiger partial charge is 0.358 e. The molecule has 0 aliphatic heterocycles. The summed E-state index contributed by atoms with van der Waals surface area (Å²) in [7, 11) is 1.60. The Morgan fingerprint density at radius 3 is 2.76 bits per heavy atom. The van der Waals surface area contributed by atoms with Gasteiger partial charge in [0.1, 0.15) is 5.75 Å². The molecule has 1 N–H and O–H groups in total. The second kappa shape index (κ2) is 4.25. The molecule has 0 radical (unpaired) electrons. The van der Waals surface area contributed by atoms with Crippen molar-refractivity contribution in [3.8, 4) is 11.4 Å². The second-order valence-corrected chi connectivity index (χ2v) is 3.51. The molecular formula is C11H11N3O3. The zero-order chi connectivity index (χ0) is 12.4. The van der Waals surface area contributed by atoms with Crippen LogP contribution < -0.4 is 4.74 Å². The van der Waals surface area contributed by atoms with E-state index in [1.807, 2.05) is 13.0 Å². The van der Waals surface area contributed by atoms with Crippen molar-refractivity contribution < 1.29 is 14.6 Å². The minimum absolute atomic E-state index is 0.0847. The van der Waals surface area contributed by atoms with Crippen LogP contribution in [-0.2, 0) is 0 Å². The molecule has 0 aliphatic rings. The van der Waals surface area contributed by atoms with E-state index >= 15 is 0 Å². The number of hydrogen-bond acceptors (Lipinski definition) is 4. The monoisotopic (exact) mass is 233 g/mol. The van der Waals surface area contributed by atoms with E-state index in [2.05, 4.69) is 10.3 Å². The van der Waals surface area contributed by atoms with Crippen LogP contribution in [0.25, 0.3) is 5.69 Å². The minimum Gasteiger partial charge on any atom is -0.496 e. The van der Waals surface area contributed by atoms with Crippen LogP contribution in [0.2, 0.25) is 0 Å². The van der Waals surface area contributed by atoms with Gasteiger partial charge < -0.3 is 9.84 Å². The van der Waals surface area contributed by atoms with Crippen LogP contribution in [0.4, 0.5) is 0 Å². The predicted octanol–water partition coefficient (Wildman–Crippen LogP) is 1.28. The Morgan fingerprint density at radius 1 is 1.47 bits per heavy atom. The quantitative estimate of drug-likeness (QED) is 0.864. The first kappa shape index (κ1) is 11.1. The van der Waals surface area contributed by atoms with Gasteiger partial charge in [0.05, 0.1) is 19.0 Å². The van der Waals surface area contributed by atoms with Crippen molar-refractivity contribution in [1.82, 2.24) is 15.0 Å². The summed E-state index contributed by atoms with van der Waals surface area (Å²) in [6.45, 7) is 1.90. The Balaban J connectivity index is 2.39. The lowest BCUT2D eigenvalue weighted by Gasteiger charge is -2.06. The van der Waals surface area contributed by atoms with Crippen LogP contribution in [-0.4, -0.2) is 33.2 Å². The van der Waals surface area contributed by atoms with Gasteiger partial charge in [0.25, 0.3) is 0 Å². The van der Waals surface area contributed by atoms with Crippen molar-refractivity contribution in [2.45, 2.75) is 6.92 Å². The molecule has 0 saturated carbocycles. The van der Waals surface area contributed by atoms with Gasteiger partial charge in [-0.15, -0.1) is 5.10 Å². The lowest BCUT2D eigenvalue weighted by atomic mass is 10.2. The highest BCUT2D eigenvalue weighted by Crippen LogP contribution is 2.20. The number of carbonyl (C=O) groups is 1. The molecule has 1 aromatic heterocycles. The minimum atomic E-state index is -1.10. The fourth-order valence-corrected chi connectivity index (χ4v) is 1.49. The van der Waals surface area contributed by atoms with Gasteiger partial charge in [0, 0.05) is 0 Å². The van der Waals surface area contributed by atoms with Crippen LogP contribution in [0, 0.1) is 6.92 Å². The number of benzene rings is 1. The number of aromatic nitrogens is 3. The molecule has 0 fully saturated rings. The van der Waals surface area contributed by atoms with Crippen molar-refractivity contribution >= 4 is 5.97 Å². The topological polar surface area (TPSA) is 77.2 Å². The summed E-state index contributed by atoms with van der Waals surface area (Å²) in [6.07, 6.45) is 1.36. The van der Waals surface area contributed by atoms with E-state index in [9.17, 15) is 4.79 Å². The molecule has 0 aliphatic carbocycles. The number of aromatic carboxylic acids is 1. The zero-order valence-corrected chi connectivity index (χ0v) is 9.41. The van der Waals surface area contributed by atoms with Crippen LogP contribution in [0.15, 0.2) is 24.4 Å². The lowest BCUT2D eigenvalue weighted by molar-refractivity contribution is 0.0690. The third kappa shape index (κ3) is 2.10. The Morgan fingerprint density at radius 2 is 2.24 bits per heavy atom. The van der Waals surface area contributed by atoms with Crippen molar-refractivity contribution in [3.05, 3.63) is 35.7 Å². The lowest BCUT2D eigenvalue weighted by Crippen LogP contribution is -1.97. The van der Waals surface area contributed by atoms with Gasteiger partial charge >= 0.3 is 5.97 Å². The number of carboxylic acids is 1. The molecule has 0 bridgehead atoms. The number of hydrogen-bond donors (Lipinski definition) is 1. The van der Waals surface area contributed by atoms with E-state index < -0.39 is 5.97 Å². The van der Waals surface area contributed by atoms with Crippen molar-refractivity contribution in [3.63, 3.8) is 0 Å². The van der Waals surface area contributed by atoms with E-state index in [0.717, 1.165) is 17.0 Å². The average molecular weight is 233 g/mol. The summed E-state index contributed by atoms with van der Waals surface area (Å²) in [5.74, 6) is -0.325. The number of ether oxygens (including phenoxy) is 1. The van der Waals surface area contributed by atoms with Gasteiger partial charge in [-0.1, -0.05) is 5.21 Å². The summed E-state index contributed by atoms with van der Waals surface area (Å²) >= 11 is 0. The SMILES string of the molecule is COc1ccc(-n2cc(C(=O)O)nn2)cc1C. The molecule has 0 atom stereocenters. The maximum Gasteiger partial charge on any atom is 0.358 e. The van der Waals surface area contributed by atoms with Gasteiger partial charge in [0.15, 0.2) is 5.69 Å². The van der Waals surface area contributed by atoms with Crippen LogP contribution in [0.1, 0.15) is 16.1 Å². The fourth-order valence-electron chi connectivity index (χ4n) is 1.49. The molecule has 0 amide bonds. The number of aryl methyl sites for hydroxylation is 1. The number of nitrogens with zero attached hydrogens (tertiary/aromatic N) is 3. The van der Waals surface area contributed by atoms with E-state index in [-0.39, 0.29) is 5.69 Å². The van der Waals surface area contributed by atoms with Gasteiger partial charge in [-0.25, -0.2) is 9.48 Å². The van der Waals surface area contributed by atoms with Crippen molar-refractivity contribution in [2.75, 3.05) is 7.11 Å². The highest BCUT2D eigenvalue weighted by atomic mass is 16.5. The van der Waals surface area contributed by atoms with E-state index in [1.54, 1.807) is 19.2 Å². The maximum absolute atomic E-state index is 10.7. The first-order valence-electron chi connectivity index (χ1n) is 4.92. The Hall–Kier alpha value is -2.37. The van der Waals surface area contributed by atoms with E-state index in [1.165, 1.54) is 10.9 Å². The molecule has 2 rings (SSSR count). The van der Waals surface area contributed by atoms with Crippen LogP contribution in [0.5, 0.6) is 5.75 Å². The summed E-state index contributed by atoms with van der Waals surface area (Å²) in [4.78, 5) is 10.7. The number of rotatable bonds is 3. The van der Waals surface area contributed by atoms with Gasteiger partial charge in [0.2, 0.25) is 0 Å². The molecule has 2 aromatic rings. The standard InChI is InChI=1S/C11H11N3O3/c1-7-5-8(3-4-10(7)17-2)14-6-9(11(15)16)12-13-14/h3-6H,1-2H3,(H,15,16). The molecular weight excluding hydrogens is 222 g/mol. The zero-order valence-electron chi connectivity index (χ0n) is 9.41. The normalized spacial score (nSPS) is 10.2. The van der Waals surface area contributed by atoms with Crippen molar-refractivity contribution in [1.29, 1.82) is 0 Å².